The molecule has 30 heavy (non-hydrogen) atoms. The van der Waals surface area contributed by atoms with Crippen LogP contribution in [0.2, 0.25) is 5.02 Å². The number of carbonyl (C=O) groups is 1. The molecule has 1 fully saturated rings. The summed E-state index contributed by atoms with van der Waals surface area (Å²) in [6.45, 7) is 6.82. The highest BCUT2D eigenvalue weighted by molar-refractivity contribution is 8.00. The number of benzene rings is 2. The first-order chi connectivity index (χ1) is 14.6. The summed E-state index contributed by atoms with van der Waals surface area (Å²) in [5, 5.41) is 1.47. The molecule has 0 radical (unpaired) electrons. The molecule has 0 atom stereocenters. The first kappa shape index (κ1) is 21.6. The van der Waals surface area contributed by atoms with Gasteiger partial charge in [-0.25, -0.2) is 4.98 Å². The third-order valence-corrected chi connectivity index (χ3v) is 7.27. The number of ether oxygens (including phenoxy) is 1. The van der Waals surface area contributed by atoms with Crippen LogP contribution in [0.5, 0.6) is 0 Å². The SMILES string of the molecule is Cc1ccc2nc(N(CCN3CCOCC3)C(=O)CSc3ccc(Cl)cc3)sc2c1. The Labute approximate surface area is 190 Å². The zero-order valence-corrected chi connectivity index (χ0v) is 19.2. The molecule has 1 amide bonds. The van der Waals surface area contributed by atoms with Crippen LogP contribution in [0.1, 0.15) is 5.56 Å². The van der Waals surface area contributed by atoms with E-state index in [1.807, 2.05) is 35.2 Å². The number of fused-ring (bicyclic) bond motifs is 1. The van der Waals surface area contributed by atoms with Crippen LogP contribution in [0.3, 0.4) is 0 Å². The number of aryl methyl sites for hydroxylation is 1. The van der Waals surface area contributed by atoms with Crippen molar-refractivity contribution in [3.05, 3.63) is 53.1 Å². The number of halogens is 1. The second kappa shape index (κ2) is 10.1. The van der Waals surface area contributed by atoms with Crippen molar-refractivity contribution >= 4 is 56.0 Å². The number of carbonyl (C=O) groups excluding carboxylic acids is 1. The molecule has 2 aromatic carbocycles. The summed E-state index contributed by atoms with van der Waals surface area (Å²) in [4.78, 5) is 23.2. The molecule has 0 saturated carbocycles. The van der Waals surface area contributed by atoms with Crippen molar-refractivity contribution in [1.82, 2.24) is 9.88 Å². The molecule has 1 aliphatic heterocycles. The Bertz CT molecular complexity index is 1000. The van der Waals surface area contributed by atoms with Crippen LogP contribution in [0.25, 0.3) is 10.2 Å². The Hall–Kier alpha value is -1.64. The Morgan fingerprint density at radius 2 is 2.00 bits per heavy atom. The van der Waals surface area contributed by atoms with Gasteiger partial charge in [-0.3, -0.25) is 14.6 Å². The maximum absolute atomic E-state index is 13.2. The Morgan fingerprint density at radius 3 is 2.77 bits per heavy atom. The molecule has 8 heteroatoms. The first-order valence-corrected chi connectivity index (χ1v) is 12.1. The van der Waals surface area contributed by atoms with Gasteiger partial charge in [0.25, 0.3) is 0 Å². The van der Waals surface area contributed by atoms with Crippen molar-refractivity contribution in [3.8, 4) is 0 Å². The van der Waals surface area contributed by atoms with Crippen molar-refractivity contribution in [2.45, 2.75) is 11.8 Å². The Balaban J connectivity index is 1.50. The van der Waals surface area contributed by atoms with Crippen molar-refractivity contribution in [3.63, 3.8) is 0 Å². The molecular formula is C22H24ClN3O2S2. The summed E-state index contributed by atoms with van der Waals surface area (Å²) in [6.07, 6.45) is 0. The highest BCUT2D eigenvalue weighted by atomic mass is 35.5. The maximum Gasteiger partial charge on any atom is 0.239 e. The van der Waals surface area contributed by atoms with Crippen LogP contribution in [0, 0.1) is 6.92 Å². The van der Waals surface area contributed by atoms with Gasteiger partial charge in [0.1, 0.15) is 0 Å². The monoisotopic (exact) mass is 461 g/mol. The summed E-state index contributed by atoms with van der Waals surface area (Å²) in [5.41, 5.74) is 2.14. The van der Waals surface area contributed by atoms with Crippen LogP contribution in [0.4, 0.5) is 5.13 Å². The fourth-order valence-electron chi connectivity index (χ4n) is 3.28. The summed E-state index contributed by atoms with van der Waals surface area (Å²) >= 11 is 9.07. The molecule has 0 unspecified atom stereocenters. The van der Waals surface area contributed by atoms with E-state index in [9.17, 15) is 4.79 Å². The van der Waals surface area contributed by atoms with E-state index in [4.69, 9.17) is 21.3 Å². The van der Waals surface area contributed by atoms with Crippen LogP contribution in [-0.2, 0) is 9.53 Å². The van der Waals surface area contributed by atoms with Crippen LogP contribution >= 0.6 is 34.7 Å². The topological polar surface area (TPSA) is 45.7 Å². The van der Waals surface area contributed by atoms with Gasteiger partial charge in [-0.2, -0.15) is 0 Å². The zero-order chi connectivity index (χ0) is 20.9. The average Bonchev–Trinajstić information content (AvgIpc) is 3.17. The largest absolute Gasteiger partial charge is 0.379 e. The van der Waals surface area contributed by atoms with Crippen LogP contribution in [0.15, 0.2) is 47.4 Å². The second-order valence-corrected chi connectivity index (χ2v) is 9.70. The van der Waals surface area contributed by atoms with Crippen molar-refractivity contribution in [2.24, 2.45) is 0 Å². The predicted octanol–water partition coefficient (Wildman–Crippen LogP) is 4.72. The van der Waals surface area contributed by atoms with E-state index in [2.05, 4.69) is 24.0 Å². The average molecular weight is 462 g/mol. The molecule has 1 aliphatic rings. The molecular weight excluding hydrogens is 438 g/mol. The molecule has 5 nitrogen and oxygen atoms in total. The minimum absolute atomic E-state index is 0.0685. The Kier molecular flexibility index (Phi) is 7.28. The third kappa shape index (κ3) is 5.53. The fraction of sp³-hybridized carbons (Fsp3) is 0.364. The first-order valence-electron chi connectivity index (χ1n) is 9.94. The number of thiazole rings is 1. The summed E-state index contributed by atoms with van der Waals surface area (Å²) in [6, 6.07) is 13.8. The molecule has 0 spiro atoms. The van der Waals surface area contributed by atoms with Gasteiger partial charge in [0.2, 0.25) is 5.91 Å². The summed E-state index contributed by atoms with van der Waals surface area (Å²) in [5.74, 6) is 0.429. The minimum atomic E-state index is 0.0685. The number of hydrogen-bond acceptors (Lipinski definition) is 6. The van der Waals surface area contributed by atoms with E-state index in [0.29, 0.717) is 17.3 Å². The number of anilines is 1. The smallest absolute Gasteiger partial charge is 0.239 e. The zero-order valence-electron chi connectivity index (χ0n) is 16.8. The van der Waals surface area contributed by atoms with E-state index in [0.717, 1.165) is 53.1 Å². The summed E-state index contributed by atoms with van der Waals surface area (Å²) < 4.78 is 6.55. The van der Waals surface area contributed by atoms with Gasteiger partial charge in [0, 0.05) is 36.1 Å². The third-order valence-electron chi connectivity index (χ3n) is 4.98. The van der Waals surface area contributed by atoms with E-state index in [-0.39, 0.29) is 5.91 Å². The van der Waals surface area contributed by atoms with Gasteiger partial charge in [-0.05, 0) is 48.9 Å². The maximum atomic E-state index is 13.2. The minimum Gasteiger partial charge on any atom is -0.379 e. The van der Waals surface area contributed by atoms with Gasteiger partial charge >= 0.3 is 0 Å². The fourth-order valence-corrected chi connectivity index (χ4v) is 5.29. The molecule has 0 aliphatic carbocycles. The number of hydrogen-bond donors (Lipinski definition) is 0. The van der Waals surface area contributed by atoms with E-state index in [1.165, 1.54) is 17.3 Å². The molecule has 4 rings (SSSR count). The van der Waals surface area contributed by atoms with Crippen molar-refractivity contribution < 1.29 is 9.53 Å². The highest BCUT2D eigenvalue weighted by Gasteiger charge is 2.21. The molecule has 3 aromatic rings. The normalized spacial score (nSPS) is 14.9. The molecule has 0 N–H and O–H groups in total. The van der Waals surface area contributed by atoms with Gasteiger partial charge in [-0.1, -0.05) is 29.0 Å². The van der Waals surface area contributed by atoms with Gasteiger partial charge in [0.05, 0.1) is 29.2 Å². The van der Waals surface area contributed by atoms with Crippen molar-refractivity contribution in [2.75, 3.05) is 50.0 Å². The lowest BCUT2D eigenvalue weighted by atomic mass is 10.2. The van der Waals surface area contributed by atoms with Gasteiger partial charge in [-0.15, -0.1) is 11.8 Å². The van der Waals surface area contributed by atoms with Crippen LogP contribution < -0.4 is 4.90 Å². The quantitative estimate of drug-likeness (QED) is 0.476. The molecule has 158 valence electrons. The van der Waals surface area contributed by atoms with Crippen LogP contribution in [-0.4, -0.2) is 60.9 Å². The lowest BCUT2D eigenvalue weighted by Gasteiger charge is -2.29. The Morgan fingerprint density at radius 1 is 1.23 bits per heavy atom. The predicted molar refractivity (Wildman–Crippen MR) is 126 cm³/mol. The number of aromatic nitrogens is 1. The highest BCUT2D eigenvalue weighted by Crippen LogP contribution is 2.30. The number of thioether (sulfide) groups is 1. The number of morpholine rings is 1. The molecule has 0 bridgehead atoms. The lowest BCUT2D eigenvalue weighted by molar-refractivity contribution is -0.116. The second-order valence-electron chi connectivity index (χ2n) is 7.21. The number of rotatable bonds is 7. The van der Waals surface area contributed by atoms with E-state index >= 15 is 0 Å². The lowest BCUT2D eigenvalue weighted by Crippen LogP contribution is -2.43. The van der Waals surface area contributed by atoms with Crippen molar-refractivity contribution in [1.29, 1.82) is 0 Å². The summed E-state index contributed by atoms with van der Waals surface area (Å²) in [7, 11) is 0. The number of amides is 1. The molecule has 1 saturated heterocycles. The van der Waals surface area contributed by atoms with Gasteiger partial charge < -0.3 is 4.74 Å². The molecule has 1 aromatic heterocycles. The molecule has 2 heterocycles. The number of nitrogens with zero attached hydrogens (tertiary/aromatic N) is 3. The van der Waals surface area contributed by atoms with E-state index < -0.39 is 0 Å². The van der Waals surface area contributed by atoms with Gasteiger partial charge in [0.15, 0.2) is 5.13 Å². The standard InChI is InChI=1S/C22H24ClN3O2S2/c1-16-2-7-19-20(14-16)30-22(24-19)26(9-8-25-10-12-28-13-11-25)21(27)15-29-18-5-3-17(23)4-6-18/h2-7,14H,8-13,15H2,1H3. The van der Waals surface area contributed by atoms with E-state index in [1.54, 1.807) is 11.3 Å².